The van der Waals surface area contributed by atoms with E-state index < -0.39 is 11.9 Å². The predicted octanol–water partition coefficient (Wildman–Crippen LogP) is 4.08. The highest BCUT2D eigenvalue weighted by molar-refractivity contribution is 7.99. The highest BCUT2D eigenvalue weighted by Gasteiger charge is 2.30. The normalized spacial score (nSPS) is 11.5. The fourth-order valence-corrected chi connectivity index (χ4v) is 5.47. The Morgan fingerprint density at radius 2 is 1.97 bits per heavy atom. The summed E-state index contributed by atoms with van der Waals surface area (Å²) in [5.41, 5.74) is 0.918. The van der Waals surface area contributed by atoms with Gasteiger partial charge in [0.1, 0.15) is 11.2 Å². The molecule has 1 unspecified atom stereocenters. The van der Waals surface area contributed by atoms with Crippen LogP contribution >= 0.6 is 46.3 Å². The van der Waals surface area contributed by atoms with Crippen LogP contribution in [0.4, 0.5) is 0 Å². The number of carbonyl (C=O) groups excluding carboxylic acids is 3. The minimum Gasteiger partial charge on any atom is -0.350 e. The number of thiophene rings is 1. The van der Waals surface area contributed by atoms with Crippen molar-refractivity contribution in [2.24, 2.45) is 0 Å². The van der Waals surface area contributed by atoms with E-state index in [-0.39, 0.29) is 47.1 Å². The van der Waals surface area contributed by atoms with Crippen LogP contribution in [-0.4, -0.2) is 63.2 Å². The van der Waals surface area contributed by atoms with Crippen LogP contribution in [0.1, 0.15) is 27.7 Å². The molecule has 0 saturated heterocycles. The van der Waals surface area contributed by atoms with E-state index in [1.165, 1.54) is 28.5 Å². The smallest absolute Gasteiger partial charge is 0.256 e. The van der Waals surface area contributed by atoms with Crippen molar-refractivity contribution in [1.29, 1.82) is 0 Å². The lowest BCUT2D eigenvalue weighted by atomic mass is 10.2. The van der Waals surface area contributed by atoms with Crippen molar-refractivity contribution in [2.45, 2.75) is 25.9 Å². The summed E-state index contributed by atoms with van der Waals surface area (Å²) in [6, 6.07) is 8.18. The number of halogens is 2. The topological polar surface area (TPSA) is 104 Å². The Hall–Kier alpha value is -2.66. The number of hydrogen-bond donors (Lipinski definition) is 2. The molecule has 3 aromatic heterocycles. The summed E-state index contributed by atoms with van der Waals surface area (Å²) in [6.07, 6.45) is 4.92. The molecule has 0 aromatic carbocycles. The summed E-state index contributed by atoms with van der Waals surface area (Å²) in [4.78, 5) is 49.9. The first-order valence-electron chi connectivity index (χ1n) is 11.5. The zero-order valence-corrected chi connectivity index (χ0v) is 23.3. The Balaban J connectivity index is 1.75. The molecule has 0 bridgehead atoms. The lowest BCUT2D eigenvalue weighted by Gasteiger charge is -2.31. The number of amides is 3. The minimum atomic E-state index is -0.725. The van der Waals surface area contributed by atoms with Crippen LogP contribution in [0.2, 0.25) is 10.2 Å². The molecule has 8 nitrogen and oxygen atoms in total. The second-order valence-electron chi connectivity index (χ2n) is 7.81. The fourth-order valence-electron chi connectivity index (χ4n) is 3.46. The van der Waals surface area contributed by atoms with Gasteiger partial charge in [0.05, 0.1) is 17.0 Å². The van der Waals surface area contributed by atoms with Gasteiger partial charge in [-0.05, 0) is 34.9 Å². The van der Waals surface area contributed by atoms with Gasteiger partial charge in [0.15, 0.2) is 0 Å². The highest BCUT2D eigenvalue weighted by Crippen LogP contribution is 2.21. The Morgan fingerprint density at radius 3 is 2.65 bits per heavy atom. The van der Waals surface area contributed by atoms with Crippen molar-refractivity contribution in [2.75, 3.05) is 24.6 Å². The molecule has 0 radical (unpaired) electrons. The van der Waals surface area contributed by atoms with Crippen molar-refractivity contribution in [1.82, 2.24) is 25.5 Å². The molecule has 3 amide bonds. The molecule has 3 aromatic rings. The van der Waals surface area contributed by atoms with Crippen molar-refractivity contribution < 1.29 is 14.4 Å². The molecule has 0 aliphatic carbocycles. The minimum absolute atomic E-state index is 0.0115. The van der Waals surface area contributed by atoms with Crippen molar-refractivity contribution in [3.8, 4) is 0 Å². The third-order valence-electron chi connectivity index (χ3n) is 5.29. The largest absolute Gasteiger partial charge is 0.350 e. The molecular weight excluding hydrogens is 553 g/mol. The molecular formula is C25H27Cl2N5O3S2. The van der Waals surface area contributed by atoms with E-state index in [2.05, 4.69) is 20.6 Å². The maximum Gasteiger partial charge on any atom is 0.256 e. The van der Waals surface area contributed by atoms with Gasteiger partial charge in [-0.3, -0.25) is 19.4 Å². The van der Waals surface area contributed by atoms with Gasteiger partial charge in [-0.2, -0.15) is 11.8 Å². The second-order valence-corrected chi connectivity index (χ2v) is 10.9. The van der Waals surface area contributed by atoms with E-state index >= 15 is 0 Å². The molecule has 2 N–H and O–H groups in total. The third-order valence-corrected chi connectivity index (χ3v) is 7.73. The van der Waals surface area contributed by atoms with E-state index in [9.17, 15) is 14.4 Å². The van der Waals surface area contributed by atoms with Crippen LogP contribution in [0, 0.1) is 0 Å². The maximum atomic E-state index is 13.4. The average molecular weight is 581 g/mol. The van der Waals surface area contributed by atoms with Gasteiger partial charge < -0.3 is 15.5 Å². The van der Waals surface area contributed by atoms with E-state index in [4.69, 9.17) is 23.2 Å². The molecule has 37 heavy (non-hydrogen) atoms. The quantitative estimate of drug-likeness (QED) is 0.296. The molecule has 0 saturated carbocycles. The van der Waals surface area contributed by atoms with Crippen LogP contribution in [0.15, 0.2) is 54.3 Å². The monoisotopic (exact) mass is 579 g/mol. The van der Waals surface area contributed by atoms with Crippen molar-refractivity contribution >= 4 is 64.0 Å². The summed E-state index contributed by atoms with van der Waals surface area (Å²) in [5.74, 6) is 0.226. The third kappa shape index (κ3) is 8.70. The first-order valence-corrected chi connectivity index (χ1v) is 14.3. The van der Waals surface area contributed by atoms with E-state index in [0.29, 0.717) is 12.3 Å². The molecule has 0 spiro atoms. The van der Waals surface area contributed by atoms with Crippen molar-refractivity contribution in [3.05, 3.63) is 80.5 Å². The van der Waals surface area contributed by atoms with Gasteiger partial charge >= 0.3 is 0 Å². The summed E-state index contributed by atoms with van der Waals surface area (Å²) >= 11 is 15.2. The lowest BCUT2D eigenvalue weighted by molar-refractivity contribution is -0.139. The molecule has 3 rings (SSSR count). The van der Waals surface area contributed by atoms with Gasteiger partial charge in [0.25, 0.3) is 5.91 Å². The SMILES string of the molecule is CCSCC(C(=O)NCc1cccnc1)N(CCNC(=O)c1c(Cl)ccnc1Cl)C(=O)Cc1cccs1. The number of hydrogen-bond acceptors (Lipinski definition) is 7. The van der Waals surface area contributed by atoms with Crippen LogP contribution in [0.5, 0.6) is 0 Å². The molecule has 1 atom stereocenters. The van der Waals surface area contributed by atoms with E-state index in [1.807, 2.05) is 30.5 Å². The maximum absolute atomic E-state index is 13.4. The first kappa shape index (κ1) is 28.9. The summed E-state index contributed by atoms with van der Waals surface area (Å²) in [7, 11) is 0. The molecule has 196 valence electrons. The molecule has 0 fully saturated rings. The second kappa shape index (κ2) is 14.9. The number of thioether (sulfide) groups is 1. The summed E-state index contributed by atoms with van der Waals surface area (Å²) in [5, 5.41) is 7.74. The van der Waals surface area contributed by atoms with Crippen LogP contribution in [0.3, 0.4) is 0 Å². The van der Waals surface area contributed by atoms with Gasteiger partial charge in [-0.1, -0.05) is 42.3 Å². The zero-order valence-electron chi connectivity index (χ0n) is 20.2. The van der Waals surface area contributed by atoms with E-state index in [0.717, 1.165) is 16.2 Å². The van der Waals surface area contributed by atoms with Gasteiger partial charge in [0, 0.05) is 48.9 Å². The standard InChI is InChI=1S/C25H27Cl2N5O3S2/c1-2-36-16-20(24(34)31-15-17-5-3-8-28-14-17)32(21(33)13-18-6-4-12-37-18)11-10-30-25(35)22-19(26)7-9-29-23(22)27/h3-9,12,14,20H,2,10-11,13,15-16H2,1H3,(H,30,35)(H,31,34). The number of rotatable bonds is 13. The predicted molar refractivity (Wildman–Crippen MR) is 149 cm³/mol. The first-order chi connectivity index (χ1) is 17.9. The number of nitrogens with zero attached hydrogens (tertiary/aromatic N) is 3. The van der Waals surface area contributed by atoms with E-state index in [1.54, 1.807) is 30.2 Å². The number of aromatic nitrogens is 2. The van der Waals surface area contributed by atoms with Gasteiger partial charge in [0.2, 0.25) is 11.8 Å². The molecule has 0 aliphatic heterocycles. The number of pyridine rings is 2. The average Bonchev–Trinajstić information content (AvgIpc) is 3.40. The van der Waals surface area contributed by atoms with Crippen LogP contribution < -0.4 is 10.6 Å². The summed E-state index contributed by atoms with van der Waals surface area (Å²) < 4.78 is 0. The van der Waals surface area contributed by atoms with Crippen LogP contribution in [-0.2, 0) is 22.6 Å². The Bertz CT molecular complexity index is 1160. The van der Waals surface area contributed by atoms with Crippen LogP contribution in [0.25, 0.3) is 0 Å². The molecule has 3 heterocycles. The highest BCUT2D eigenvalue weighted by atomic mass is 35.5. The molecule has 0 aliphatic rings. The van der Waals surface area contributed by atoms with Crippen molar-refractivity contribution in [3.63, 3.8) is 0 Å². The summed E-state index contributed by atoms with van der Waals surface area (Å²) in [6.45, 7) is 2.51. The Morgan fingerprint density at radius 1 is 1.14 bits per heavy atom. The fraction of sp³-hybridized carbons (Fsp3) is 0.320. The Kier molecular flexibility index (Phi) is 11.7. The lowest BCUT2D eigenvalue weighted by Crippen LogP contribution is -2.53. The zero-order chi connectivity index (χ0) is 26.6. The molecule has 12 heteroatoms. The Labute approximate surface area is 234 Å². The number of carbonyl (C=O) groups is 3. The van der Waals surface area contributed by atoms with Gasteiger partial charge in [-0.25, -0.2) is 4.98 Å². The van der Waals surface area contributed by atoms with Gasteiger partial charge in [-0.15, -0.1) is 11.3 Å². The number of nitrogens with one attached hydrogen (secondary N) is 2.